The molecule has 0 saturated heterocycles. The molecule has 3 rings (SSSR count). The molecule has 0 aliphatic heterocycles. The quantitative estimate of drug-likeness (QED) is 0.767. The van der Waals surface area contributed by atoms with Gasteiger partial charge in [0.1, 0.15) is 5.75 Å². The summed E-state index contributed by atoms with van der Waals surface area (Å²) in [6.45, 7) is 0.636. The molecule has 6 heteroatoms. The van der Waals surface area contributed by atoms with Crippen LogP contribution in [0.25, 0.3) is 0 Å². The van der Waals surface area contributed by atoms with E-state index in [1.54, 1.807) is 28.9 Å². The Balaban J connectivity index is 1.73. The third-order valence-corrected chi connectivity index (χ3v) is 3.71. The Labute approximate surface area is 144 Å². The molecule has 3 aromatic rings. The van der Waals surface area contributed by atoms with Gasteiger partial charge >= 0.3 is 0 Å². The Hall–Kier alpha value is -2.79. The van der Waals surface area contributed by atoms with E-state index < -0.39 is 0 Å². The number of carbonyl (C=O) groups is 1. The molecular weight excluding hydrogens is 326 g/mol. The molecule has 0 aliphatic carbocycles. The lowest BCUT2D eigenvalue weighted by molar-refractivity contribution is 0.102. The average molecular weight is 342 g/mol. The van der Waals surface area contributed by atoms with E-state index in [1.807, 2.05) is 36.5 Å². The van der Waals surface area contributed by atoms with Gasteiger partial charge < -0.3 is 10.1 Å². The molecule has 1 aromatic heterocycles. The summed E-state index contributed by atoms with van der Waals surface area (Å²) in [4.78, 5) is 12.4. The van der Waals surface area contributed by atoms with E-state index in [9.17, 15) is 4.79 Å². The molecule has 1 N–H and O–H groups in total. The molecule has 1 amide bonds. The van der Waals surface area contributed by atoms with Crippen LogP contribution in [0.2, 0.25) is 5.02 Å². The summed E-state index contributed by atoms with van der Waals surface area (Å²) < 4.78 is 6.96. The van der Waals surface area contributed by atoms with E-state index in [1.165, 1.54) is 7.11 Å². The van der Waals surface area contributed by atoms with Crippen molar-refractivity contribution in [2.24, 2.45) is 0 Å². The largest absolute Gasteiger partial charge is 0.496 e. The molecule has 0 radical (unpaired) electrons. The first-order valence-electron chi connectivity index (χ1n) is 7.38. The maximum atomic E-state index is 12.4. The van der Waals surface area contributed by atoms with Crippen molar-refractivity contribution in [3.8, 4) is 5.75 Å². The highest BCUT2D eigenvalue weighted by Crippen LogP contribution is 2.23. The fourth-order valence-corrected chi connectivity index (χ4v) is 2.50. The van der Waals surface area contributed by atoms with Crippen LogP contribution in [0.15, 0.2) is 60.8 Å². The second-order valence-corrected chi connectivity index (χ2v) is 5.62. The van der Waals surface area contributed by atoms with Gasteiger partial charge in [-0.2, -0.15) is 5.10 Å². The second-order valence-electron chi connectivity index (χ2n) is 5.18. The van der Waals surface area contributed by atoms with Crippen LogP contribution in [0.4, 0.5) is 5.82 Å². The molecule has 0 aliphatic rings. The predicted octanol–water partition coefficient (Wildman–Crippen LogP) is 3.85. The third kappa shape index (κ3) is 3.75. The van der Waals surface area contributed by atoms with Gasteiger partial charge in [-0.3, -0.25) is 9.48 Å². The number of anilines is 1. The Bertz CT molecular complexity index is 846. The number of rotatable bonds is 5. The van der Waals surface area contributed by atoms with Crippen molar-refractivity contribution >= 4 is 23.3 Å². The molecule has 5 nitrogen and oxygen atoms in total. The molecule has 0 unspecified atom stereocenters. The maximum absolute atomic E-state index is 12.4. The van der Waals surface area contributed by atoms with Crippen LogP contribution in [-0.2, 0) is 6.54 Å². The second kappa shape index (κ2) is 7.19. The van der Waals surface area contributed by atoms with E-state index in [4.69, 9.17) is 16.3 Å². The summed E-state index contributed by atoms with van der Waals surface area (Å²) in [7, 11) is 1.51. The van der Waals surface area contributed by atoms with Crippen LogP contribution < -0.4 is 10.1 Å². The van der Waals surface area contributed by atoms with Gasteiger partial charge in [0.15, 0.2) is 5.82 Å². The molecule has 0 bridgehead atoms. The molecular formula is C18H16ClN3O2. The minimum Gasteiger partial charge on any atom is -0.496 e. The van der Waals surface area contributed by atoms with Crippen molar-refractivity contribution in [3.63, 3.8) is 0 Å². The van der Waals surface area contributed by atoms with Gasteiger partial charge in [0, 0.05) is 17.3 Å². The van der Waals surface area contributed by atoms with Crippen LogP contribution in [-0.4, -0.2) is 22.8 Å². The van der Waals surface area contributed by atoms with E-state index in [0.717, 1.165) is 5.56 Å². The van der Waals surface area contributed by atoms with Crippen molar-refractivity contribution in [2.75, 3.05) is 12.4 Å². The third-order valence-electron chi connectivity index (χ3n) is 3.48. The summed E-state index contributed by atoms with van der Waals surface area (Å²) in [5, 5.41) is 7.58. The fraction of sp³-hybridized carbons (Fsp3) is 0.111. The van der Waals surface area contributed by atoms with E-state index in [2.05, 4.69) is 10.4 Å². The lowest BCUT2D eigenvalue weighted by atomic mass is 10.2. The average Bonchev–Trinajstić information content (AvgIpc) is 3.02. The Morgan fingerprint density at radius 1 is 1.21 bits per heavy atom. The van der Waals surface area contributed by atoms with Crippen molar-refractivity contribution in [2.45, 2.75) is 6.54 Å². The lowest BCUT2D eigenvalue weighted by Crippen LogP contribution is -2.14. The van der Waals surface area contributed by atoms with Gasteiger partial charge in [0.2, 0.25) is 0 Å². The zero-order valence-corrected chi connectivity index (χ0v) is 13.8. The first kappa shape index (κ1) is 16.1. The van der Waals surface area contributed by atoms with Crippen LogP contribution in [0, 0.1) is 0 Å². The number of hydrogen-bond acceptors (Lipinski definition) is 3. The number of hydrogen-bond donors (Lipinski definition) is 1. The normalized spacial score (nSPS) is 10.4. The van der Waals surface area contributed by atoms with Gasteiger partial charge in [-0.25, -0.2) is 0 Å². The number of halogens is 1. The van der Waals surface area contributed by atoms with Crippen LogP contribution in [0.3, 0.4) is 0 Å². The van der Waals surface area contributed by atoms with Crippen molar-refractivity contribution in [3.05, 3.63) is 76.9 Å². The van der Waals surface area contributed by atoms with Gasteiger partial charge in [-0.1, -0.05) is 41.9 Å². The summed E-state index contributed by atoms with van der Waals surface area (Å²) >= 11 is 5.96. The first-order valence-corrected chi connectivity index (χ1v) is 7.76. The number of amides is 1. The van der Waals surface area contributed by atoms with E-state index in [0.29, 0.717) is 28.7 Å². The monoisotopic (exact) mass is 341 g/mol. The van der Waals surface area contributed by atoms with Crippen LogP contribution in [0.1, 0.15) is 15.9 Å². The van der Waals surface area contributed by atoms with Crippen LogP contribution >= 0.6 is 11.6 Å². The van der Waals surface area contributed by atoms with Crippen molar-refractivity contribution in [1.29, 1.82) is 0 Å². The molecule has 0 spiro atoms. The smallest absolute Gasteiger partial charge is 0.260 e. The topological polar surface area (TPSA) is 56.1 Å². The summed E-state index contributed by atoms with van der Waals surface area (Å²) in [6.07, 6.45) is 1.82. The Morgan fingerprint density at radius 2 is 2.00 bits per heavy atom. The minimum absolute atomic E-state index is 0.320. The standard InChI is InChI=1S/C18H16ClN3O2/c1-24-16-8-7-14(19)11-15(16)18(23)20-17-9-10-22(21-17)12-13-5-3-2-4-6-13/h2-11H,12H2,1H3,(H,20,21,23). The number of nitrogens with one attached hydrogen (secondary N) is 1. The lowest BCUT2D eigenvalue weighted by Gasteiger charge is -2.08. The van der Waals surface area contributed by atoms with Crippen molar-refractivity contribution in [1.82, 2.24) is 9.78 Å². The highest BCUT2D eigenvalue weighted by Gasteiger charge is 2.14. The van der Waals surface area contributed by atoms with Gasteiger partial charge in [-0.15, -0.1) is 0 Å². The van der Waals surface area contributed by atoms with E-state index in [-0.39, 0.29) is 5.91 Å². The fourth-order valence-electron chi connectivity index (χ4n) is 2.33. The maximum Gasteiger partial charge on any atom is 0.260 e. The SMILES string of the molecule is COc1ccc(Cl)cc1C(=O)Nc1ccn(Cc2ccccc2)n1. The summed E-state index contributed by atoms with van der Waals surface area (Å²) in [5.74, 6) is 0.609. The molecule has 24 heavy (non-hydrogen) atoms. The van der Waals surface area contributed by atoms with Gasteiger partial charge in [0.05, 0.1) is 19.2 Å². The Kier molecular flexibility index (Phi) is 4.82. The first-order chi connectivity index (χ1) is 11.7. The van der Waals surface area contributed by atoms with Gasteiger partial charge in [-0.05, 0) is 23.8 Å². The number of aromatic nitrogens is 2. The number of methoxy groups -OCH3 is 1. The zero-order chi connectivity index (χ0) is 16.9. The molecule has 1 heterocycles. The number of carbonyl (C=O) groups excluding carboxylic acids is 1. The highest BCUT2D eigenvalue weighted by atomic mass is 35.5. The molecule has 0 atom stereocenters. The van der Waals surface area contributed by atoms with Gasteiger partial charge in [0.25, 0.3) is 5.91 Å². The minimum atomic E-state index is -0.320. The highest BCUT2D eigenvalue weighted by molar-refractivity contribution is 6.31. The molecule has 2 aromatic carbocycles. The summed E-state index contributed by atoms with van der Waals surface area (Å²) in [6, 6.07) is 16.6. The molecule has 0 fully saturated rings. The van der Waals surface area contributed by atoms with Crippen molar-refractivity contribution < 1.29 is 9.53 Å². The molecule has 122 valence electrons. The molecule has 0 saturated carbocycles. The number of ether oxygens (including phenoxy) is 1. The van der Waals surface area contributed by atoms with Crippen LogP contribution in [0.5, 0.6) is 5.75 Å². The number of benzene rings is 2. The Morgan fingerprint density at radius 3 is 2.75 bits per heavy atom. The predicted molar refractivity (Wildman–Crippen MR) is 93.7 cm³/mol. The zero-order valence-electron chi connectivity index (χ0n) is 13.1. The number of nitrogens with zero attached hydrogens (tertiary/aromatic N) is 2. The summed E-state index contributed by atoms with van der Waals surface area (Å²) in [5.41, 5.74) is 1.50. The van der Waals surface area contributed by atoms with E-state index >= 15 is 0 Å².